The number of esters is 1. The molecule has 4 aromatic rings. The van der Waals surface area contributed by atoms with Gasteiger partial charge in [-0.05, 0) is 63.9 Å². The van der Waals surface area contributed by atoms with Crippen LogP contribution >= 0.6 is 11.3 Å². The number of nitrogens with zero attached hydrogens (tertiary/aromatic N) is 1. The predicted molar refractivity (Wildman–Crippen MR) is 142 cm³/mol. The van der Waals surface area contributed by atoms with E-state index in [1.807, 2.05) is 80.8 Å². The fourth-order valence-electron chi connectivity index (χ4n) is 4.52. The third-order valence-electron chi connectivity index (χ3n) is 5.98. The maximum Gasteiger partial charge on any atom is 0.341 e. The molecular weight excluding hydrogens is 460 g/mol. The largest absolute Gasteiger partial charge is 0.494 e. The maximum atomic E-state index is 13.7. The molecule has 0 saturated carbocycles. The molecule has 2 aromatic carbocycles. The molecule has 1 amide bonds. The molecule has 2 heterocycles. The summed E-state index contributed by atoms with van der Waals surface area (Å²) in [5.74, 6) is 0.0688. The lowest BCUT2D eigenvalue weighted by atomic mass is 10.0. The van der Waals surface area contributed by atoms with Crippen molar-refractivity contribution in [3.8, 4) is 16.9 Å². The standard InChI is InChI=1S/C28H30N2O4S/c1-6-30-22-15-14-20(33-7-2)16-21(22)17(4)25(30)26(31)29-27-24(28(32)34-8-3)23(18(5)35-27)19-12-10-9-11-13-19/h9-16H,6-8H2,1-5H3,(H,29,31). The van der Waals surface area contributed by atoms with Crippen LogP contribution < -0.4 is 10.1 Å². The summed E-state index contributed by atoms with van der Waals surface area (Å²) in [4.78, 5) is 27.6. The van der Waals surface area contributed by atoms with Crippen molar-refractivity contribution in [3.63, 3.8) is 0 Å². The molecular formula is C28H30N2O4S. The van der Waals surface area contributed by atoms with Gasteiger partial charge in [0.05, 0.1) is 13.2 Å². The van der Waals surface area contributed by atoms with Gasteiger partial charge < -0.3 is 19.4 Å². The lowest BCUT2D eigenvalue weighted by molar-refractivity contribution is 0.0529. The van der Waals surface area contributed by atoms with Crippen LogP contribution in [0, 0.1) is 13.8 Å². The highest BCUT2D eigenvalue weighted by atomic mass is 32.1. The second-order valence-electron chi connectivity index (χ2n) is 8.11. The normalized spacial score (nSPS) is 11.0. The monoisotopic (exact) mass is 490 g/mol. The molecule has 0 atom stereocenters. The zero-order valence-electron chi connectivity index (χ0n) is 20.7. The van der Waals surface area contributed by atoms with Gasteiger partial charge in [-0.2, -0.15) is 0 Å². The fraction of sp³-hybridized carbons (Fsp3) is 0.286. The van der Waals surface area contributed by atoms with Gasteiger partial charge in [0.15, 0.2) is 0 Å². The Bertz CT molecular complexity index is 1390. The van der Waals surface area contributed by atoms with Gasteiger partial charge in [-0.25, -0.2) is 4.79 Å². The Labute approximate surface area is 209 Å². The van der Waals surface area contributed by atoms with E-state index in [4.69, 9.17) is 9.47 Å². The van der Waals surface area contributed by atoms with Gasteiger partial charge in [0.2, 0.25) is 0 Å². The van der Waals surface area contributed by atoms with E-state index in [0.29, 0.717) is 29.4 Å². The van der Waals surface area contributed by atoms with Crippen LogP contribution in [0.4, 0.5) is 5.00 Å². The molecule has 0 bridgehead atoms. The molecule has 2 aromatic heterocycles. The smallest absolute Gasteiger partial charge is 0.341 e. The molecule has 0 saturated heterocycles. The number of hydrogen-bond acceptors (Lipinski definition) is 5. The Balaban J connectivity index is 1.80. The fourth-order valence-corrected chi connectivity index (χ4v) is 5.58. The molecule has 0 fully saturated rings. The molecule has 1 N–H and O–H groups in total. The molecule has 0 unspecified atom stereocenters. The first-order valence-corrected chi connectivity index (χ1v) is 12.7. The number of rotatable bonds is 8. The molecule has 0 radical (unpaired) electrons. The summed E-state index contributed by atoms with van der Waals surface area (Å²) in [6.07, 6.45) is 0. The summed E-state index contributed by atoms with van der Waals surface area (Å²) in [7, 11) is 0. The molecule has 0 aliphatic carbocycles. The lowest BCUT2D eigenvalue weighted by Crippen LogP contribution is -2.19. The van der Waals surface area contributed by atoms with Crippen molar-refractivity contribution in [2.24, 2.45) is 0 Å². The highest BCUT2D eigenvalue weighted by molar-refractivity contribution is 7.17. The first kappa shape index (κ1) is 24.5. The number of fused-ring (bicyclic) bond motifs is 1. The maximum absolute atomic E-state index is 13.7. The number of ether oxygens (including phenoxy) is 2. The highest BCUT2D eigenvalue weighted by Gasteiger charge is 2.27. The predicted octanol–water partition coefficient (Wildman–Crippen LogP) is 6.83. The molecule has 182 valence electrons. The summed E-state index contributed by atoms with van der Waals surface area (Å²) in [6, 6.07) is 15.6. The average Bonchev–Trinajstić information content (AvgIpc) is 3.33. The van der Waals surface area contributed by atoms with E-state index < -0.39 is 5.97 Å². The van der Waals surface area contributed by atoms with Crippen molar-refractivity contribution >= 4 is 39.1 Å². The first-order chi connectivity index (χ1) is 16.9. The van der Waals surface area contributed by atoms with Gasteiger partial charge >= 0.3 is 5.97 Å². The Morgan fingerprint density at radius 1 is 1.00 bits per heavy atom. The number of nitrogens with one attached hydrogen (secondary N) is 1. The second-order valence-corrected chi connectivity index (χ2v) is 9.33. The van der Waals surface area contributed by atoms with Crippen LogP contribution in [-0.4, -0.2) is 29.7 Å². The number of carbonyl (C=O) groups excluding carboxylic acids is 2. The van der Waals surface area contributed by atoms with Crippen molar-refractivity contribution in [2.45, 2.75) is 41.2 Å². The van der Waals surface area contributed by atoms with Crippen molar-refractivity contribution in [1.82, 2.24) is 4.57 Å². The van der Waals surface area contributed by atoms with Gasteiger partial charge in [-0.1, -0.05) is 30.3 Å². The third-order valence-corrected chi connectivity index (χ3v) is 7.00. The van der Waals surface area contributed by atoms with Crippen molar-refractivity contribution in [1.29, 1.82) is 0 Å². The van der Waals surface area contributed by atoms with Gasteiger partial charge in [-0.3, -0.25) is 4.79 Å². The van der Waals surface area contributed by atoms with Gasteiger partial charge in [0.1, 0.15) is 22.0 Å². The van der Waals surface area contributed by atoms with E-state index >= 15 is 0 Å². The van der Waals surface area contributed by atoms with Gasteiger partial charge in [0, 0.05) is 27.9 Å². The summed E-state index contributed by atoms with van der Waals surface area (Å²) in [5.41, 5.74) is 4.50. The number of amides is 1. The zero-order valence-corrected chi connectivity index (χ0v) is 21.5. The average molecular weight is 491 g/mol. The van der Waals surface area contributed by atoms with Crippen LogP contribution in [0.3, 0.4) is 0 Å². The molecule has 35 heavy (non-hydrogen) atoms. The van der Waals surface area contributed by atoms with E-state index in [2.05, 4.69) is 5.32 Å². The van der Waals surface area contributed by atoms with E-state index in [-0.39, 0.29) is 12.5 Å². The molecule has 0 spiro atoms. The number of thiophene rings is 1. The summed E-state index contributed by atoms with van der Waals surface area (Å²) >= 11 is 1.39. The van der Waals surface area contributed by atoms with Crippen LogP contribution in [-0.2, 0) is 11.3 Å². The van der Waals surface area contributed by atoms with Gasteiger partial charge in [-0.15, -0.1) is 11.3 Å². The SMILES string of the molecule is CCOC(=O)c1c(NC(=O)c2c(C)c3cc(OCC)ccc3n2CC)sc(C)c1-c1ccccc1. The molecule has 0 aliphatic rings. The first-order valence-electron chi connectivity index (χ1n) is 11.8. The summed E-state index contributed by atoms with van der Waals surface area (Å²) < 4.78 is 13.1. The van der Waals surface area contributed by atoms with E-state index in [0.717, 1.165) is 38.2 Å². The minimum Gasteiger partial charge on any atom is -0.494 e. The minimum absolute atomic E-state index is 0.251. The topological polar surface area (TPSA) is 69.6 Å². The van der Waals surface area contributed by atoms with E-state index in [9.17, 15) is 9.59 Å². The number of aryl methyl sites for hydroxylation is 3. The van der Waals surface area contributed by atoms with Crippen molar-refractivity contribution in [2.75, 3.05) is 18.5 Å². The molecule has 4 rings (SSSR count). The van der Waals surface area contributed by atoms with Crippen LogP contribution in [0.15, 0.2) is 48.5 Å². The molecule has 0 aliphatic heterocycles. The quantitative estimate of drug-likeness (QED) is 0.275. The Kier molecular flexibility index (Phi) is 7.26. The zero-order chi connectivity index (χ0) is 25.1. The number of benzene rings is 2. The second kappa shape index (κ2) is 10.4. The van der Waals surface area contributed by atoms with E-state index in [1.54, 1.807) is 6.92 Å². The van der Waals surface area contributed by atoms with Crippen molar-refractivity contribution in [3.05, 3.63) is 70.2 Å². The van der Waals surface area contributed by atoms with Crippen LogP contribution in [0.2, 0.25) is 0 Å². The Morgan fingerprint density at radius 2 is 1.74 bits per heavy atom. The van der Waals surface area contributed by atoms with Crippen LogP contribution in [0.1, 0.15) is 52.1 Å². The number of hydrogen-bond donors (Lipinski definition) is 1. The number of carbonyl (C=O) groups is 2. The van der Waals surface area contributed by atoms with E-state index in [1.165, 1.54) is 11.3 Å². The van der Waals surface area contributed by atoms with Crippen LogP contribution in [0.25, 0.3) is 22.0 Å². The number of anilines is 1. The van der Waals surface area contributed by atoms with Gasteiger partial charge in [0.25, 0.3) is 5.91 Å². The molecule has 7 heteroatoms. The summed E-state index contributed by atoms with van der Waals surface area (Å²) in [6.45, 7) is 11.1. The third kappa shape index (κ3) is 4.56. The number of aromatic nitrogens is 1. The minimum atomic E-state index is -0.444. The highest BCUT2D eigenvalue weighted by Crippen LogP contribution is 2.41. The molecule has 6 nitrogen and oxygen atoms in total. The van der Waals surface area contributed by atoms with Crippen molar-refractivity contribution < 1.29 is 19.1 Å². The Morgan fingerprint density at radius 3 is 2.40 bits per heavy atom. The van der Waals surface area contributed by atoms with Crippen LogP contribution in [0.5, 0.6) is 5.75 Å². The Hall–Kier alpha value is -3.58. The summed E-state index contributed by atoms with van der Waals surface area (Å²) in [5, 5.41) is 4.51. The lowest BCUT2D eigenvalue weighted by Gasteiger charge is -2.11.